The van der Waals surface area contributed by atoms with E-state index in [1.807, 2.05) is 12.1 Å². The second-order valence-corrected chi connectivity index (χ2v) is 8.42. The second kappa shape index (κ2) is 6.66. The molecule has 1 N–H and O–H groups in total. The van der Waals surface area contributed by atoms with Gasteiger partial charge in [0.2, 0.25) is 0 Å². The number of alkyl halides is 2. The van der Waals surface area contributed by atoms with E-state index >= 15 is 0 Å². The normalized spacial score (nSPS) is 13.9. The Morgan fingerprint density at radius 2 is 1.63 bits per heavy atom. The number of fused-ring (bicyclic) bond motifs is 1. The molecule has 1 heterocycles. The van der Waals surface area contributed by atoms with Gasteiger partial charge in [0, 0.05) is 29.4 Å². The fraction of sp³-hybridized carbons (Fsp3) is 0.391. The molecular formula is C23H26F2O2. The molecule has 0 aliphatic rings. The molecule has 0 bridgehead atoms. The molecule has 0 saturated carbocycles. The molecule has 0 spiro atoms. The minimum atomic E-state index is -2.88. The zero-order chi connectivity index (χ0) is 20.0. The first-order valence-electron chi connectivity index (χ1n) is 9.18. The minimum Gasteiger partial charge on any atom is -0.508 e. The summed E-state index contributed by atoms with van der Waals surface area (Å²) in [4.78, 5) is 0. The van der Waals surface area contributed by atoms with Crippen molar-refractivity contribution in [3.8, 4) is 5.75 Å². The van der Waals surface area contributed by atoms with Gasteiger partial charge in [-0.1, -0.05) is 52.0 Å². The van der Waals surface area contributed by atoms with Crippen molar-refractivity contribution in [3.63, 3.8) is 0 Å². The largest absolute Gasteiger partial charge is 0.508 e. The van der Waals surface area contributed by atoms with Crippen LogP contribution in [0.4, 0.5) is 8.78 Å². The van der Waals surface area contributed by atoms with Crippen LogP contribution < -0.4 is 0 Å². The van der Waals surface area contributed by atoms with Crippen LogP contribution >= 0.6 is 0 Å². The lowest BCUT2D eigenvalue weighted by molar-refractivity contribution is -0.00235. The molecule has 4 heteroatoms. The number of phenolic OH excluding ortho intramolecular Hbond substituents is 1. The summed E-state index contributed by atoms with van der Waals surface area (Å²) < 4.78 is 34.1. The molecule has 3 aromatic rings. The van der Waals surface area contributed by atoms with Gasteiger partial charge in [-0.05, 0) is 35.6 Å². The molecular weight excluding hydrogens is 346 g/mol. The zero-order valence-corrected chi connectivity index (χ0v) is 16.4. The molecule has 0 amide bonds. The average molecular weight is 372 g/mol. The maximum atomic E-state index is 14.1. The number of aromatic hydroxyl groups is 1. The molecule has 2 aromatic carbocycles. The van der Waals surface area contributed by atoms with Gasteiger partial charge in [0.1, 0.15) is 17.1 Å². The minimum absolute atomic E-state index is 0.0549. The number of phenols is 1. The molecule has 1 atom stereocenters. The Hall–Kier alpha value is -2.36. The number of hydrogen-bond donors (Lipinski definition) is 1. The van der Waals surface area contributed by atoms with E-state index in [1.165, 1.54) is 24.6 Å². The van der Waals surface area contributed by atoms with Crippen molar-refractivity contribution >= 4 is 11.0 Å². The van der Waals surface area contributed by atoms with Crippen LogP contribution in [0.2, 0.25) is 0 Å². The Kier molecular flexibility index (Phi) is 4.79. The lowest BCUT2D eigenvalue weighted by Crippen LogP contribution is -2.20. The molecule has 27 heavy (non-hydrogen) atoms. The van der Waals surface area contributed by atoms with E-state index in [9.17, 15) is 13.9 Å². The van der Waals surface area contributed by atoms with Crippen LogP contribution in [0.1, 0.15) is 63.0 Å². The monoisotopic (exact) mass is 372 g/mol. The topological polar surface area (TPSA) is 33.4 Å². The van der Waals surface area contributed by atoms with Crippen molar-refractivity contribution in [1.29, 1.82) is 0 Å². The second-order valence-electron chi connectivity index (χ2n) is 8.42. The summed E-state index contributed by atoms with van der Waals surface area (Å²) in [6, 6.07) is 12.8. The van der Waals surface area contributed by atoms with Crippen LogP contribution in [0.15, 0.2) is 46.9 Å². The standard InChI is InChI=1S/C23H26F2O2/c1-14(23(5,24)25)21-18-11-10-17(26)13-19(18)27-20(21)12-15-6-8-16(9-7-15)22(2,3)4/h6-11,13-14,26H,12H2,1-5H3. The summed E-state index contributed by atoms with van der Waals surface area (Å²) in [5.41, 5.74) is 3.22. The van der Waals surface area contributed by atoms with Crippen molar-refractivity contribution in [2.45, 2.75) is 58.3 Å². The highest BCUT2D eigenvalue weighted by molar-refractivity contribution is 5.84. The summed E-state index contributed by atoms with van der Waals surface area (Å²) in [6.45, 7) is 8.90. The Morgan fingerprint density at radius 1 is 1.00 bits per heavy atom. The van der Waals surface area contributed by atoms with Gasteiger partial charge < -0.3 is 9.52 Å². The molecule has 1 unspecified atom stereocenters. The molecule has 3 rings (SSSR count). The van der Waals surface area contributed by atoms with E-state index in [0.29, 0.717) is 28.7 Å². The van der Waals surface area contributed by atoms with Gasteiger partial charge in [0.25, 0.3) is 5.92 Å². The third-order valence-corrected chi connectivity index (χ3v) is 5.17. The van der Waals surface area contributed by atoms with Crippen LogP contribution in [0, 0.1) is 0 Å². The van der Waals surface area contributed by atoms with Crippen LogP contribution in [-0.4, -0.2) is 11.0 Å². The summed E-state index contributed by atoms with van der Waals surface area (Å²) in [5.74, 6) is -3.29. The summed E-state index contributed by atoms with van der Waals surface area (Å²) in [5, 5.41) is 10.3. The maximum absolute atomic E-state index is 14.1. The van der Waals surface area contributed by atoms with E-state index in [1.54, 1.807) is 6.07 Å². The molecule has 1 aromatic heterocycles. The van der Waals surface area contributed by atoms with E-state index in [-0.39, 0.29) is 11.2 Å². The quantitative estimate of drug-likeness (QED) is 0.547. The van der Waals surface area contributed by atoms with Crippen molar-refractivity contribution in [2.75, 3.05) is 0 Å². The lowest BCUT2D eigenvalue weighted by Gasteiger charge is -2.20. The molecule has 2 nitrogen and oxygen atoms in total. The Bertz CT molecular complexity index is 941. The summed E-state index contributed by atoms with van der Waals surface area (Å²) >= 11 is 0. The summed E-state index contributed by atoms with van der Waals surface area (Å²) in [6.07, 6.45) is 0.426. The number of hydrogen-bond acceptors (Lipinski definition) is 2. The van der Waals surface area contributed by atoms with Gasteiger partial charge >= 0.3 is 0 Å². The van der Waals surface area contributed by atoms with Crippen LogP contribution in [-0.2, 0) is 11.8 Å². The highest BCUT2D eigenvalue weighted by Gasteiger charge is 2.35. The molecule has 144 valence electrons. The lowest BCUT2D eigenvalue weighted by atomic mass is 9.86. The smallest absolute Gasteiger partial charge is 0.252 e. The van der Waals surface area contributed by atoms with Crippen LogP contribution in [0.3, 0.4) is 0 Å². The van der Waals surface area contributed by atoms with Gasteiger partial charge in [-0.25, -0.2) is 8.78 Å². The van der Waals surface area contributed by atoms with E-state index in [4.69, 9.17) is 4.42 Å². The maximum Gasteiger partial charge on any atom is 0.252 e. The highest BCUT2D eigenvalue weighted by Crippen LogP contribution is 2.41. The number of halogens is 2. The fourth-order valence-corrected chi connectivity index (χ4v) is 3.32. The van der Waals surface area contributed by atoms with Gasteiger partial charge in [-0.15, -0.1) is 0 Å². The molecule has 0 radical (unpaired) electrons. The van der Waals surface area contributed by atoms with Crippen molar-refractivity contribution < 1.29 is 18.3 Å². The van der Waals surface area contributed by atoms with Crippen molar-refractivity contribution in [2.24, 2.45) is 0 Å². The predicted molar refractivity (Wildman–Crippen MR) is 105 cm³/mol. The van der Waals surface area contributed by atoms with Crippen molar-refractivity contribution in [1.82, 2.24) is 0 Å². The molecule has 0 aliphatic carbocycles. The van der Waals surface area contributed by atoms with Gasteiger partial charge in [-0.3, -0.25) is 0 Å². The molecule has 0 saturated heterocycles. The van der Waals surface area contributed by atoms with E-state index in [0.717, 1.165) is 12.5 Å². The summed E-state index contributed by atoms with van der Waals surface area (Å²) in [7, 11) is 0. The first-order chi connectivity index (χ1) is 12.5. The number of benzene rings is 2. The SMILES string of the molecule is CC(c1c(Cc2ccc(C(C)(C)C)cc2)oc2cc(O)ccc12)C(C)(F)F. The van der Waals surface area contributed by atoms with E-state index in [2.05, 4.69) is 32.9 Å². The van der Waals surface area contributed by atoms with Crippen molar-refractivity contribution in [3.05, 3.63) is 64.9 Å². The number of furan rings is 1. The Labute approximate surface area is 158 Å². The van der Waals surface area contributed by atoms with Crippen LogP contribution in [0.5, 0.6) is 5.75 Å². The Morgan fingerprint density at radius 3 is 2.19 bits per heavy atom. The van der Waals surface area contributed by atoms with E-state index < -0.39 is 11.8 Å². The fourth-order valence-electron chi connectivity index (χ4n) is 3.32. The van der Waals surface area contributed by atoms with Gasteiger partial charge in [-0.2, -0.15) is 0 Å². The third-order valence-electron chi connectivity index (χ3n) is 5.17. The Balaban J connectivity index is 2.05. The first-order valence-corrected chi connectivity index (χ1v) is 9.18. The zero-order valence-electron chi connectivity index (χ0n) is 16.4. The van der Waals surface area contributed by atoms with Gasteiger partial charge in [0.15, 0.2) is 0 Å². The highest BCUT2D eigenvalue weighted by atomic mass is 19.3. The number of rotatable bonds is 4. The molecule has 0 fully saturated rings. The first kappa shape index (κ1) is 19.4. The molecule has 0 aliphatic heterocycles. The average Bonchev–Trinajstić information content (AvgIpc) is 2.89. The van der Waals surface area contributed by atoms with Gasteiger partial charge in [0.05, 0.1) is 0 Å². The third kappa shape index (κ3) is 4.00. The predicted octanol–water partition coefficient (Wildman–Crippen LogP) is 6.79. The van der Waals surface area contributed by atoms with Crippen LogP contribution in [0.25, 0.3) is 11.0 Å².